The molecule has 0 aliphatic rings. The molecule has 2 amide bonds. The molecule has 0 fully saturated rings. The summed E-state index contributed by atoms with van der Waals surface area (Å²) in [5, 5.41) is 2.59. The Labute approximate surface area is 84.2 Å². The second-order valence-electron chi connectivity index (χ2n) is 3.34. The lowest BCUT2D eigenvalue weighted by molar-refractivity contribution is -0.126. The number of hydrogen-bond donors (Lipinski definition) is 3. The largest absolute Gasteiger partial charge is 0.370 e. The van der Waals surface area contributed by atoms with Gasteiger partial charge in [0.05, 0.1) is 5.54 Å². The maximum Gasteiger partial charge on any atom is 0.240 e. The van der Waals surface area contributed by atoms with Crippen LogP contribution < -0.4 is 16.8 Å². The first-order valence-electron chi connectivity index (χ1n) is 4.81. The number of amides is 2. The van der Waals surface area contributed by atoms with Gasteiger partial charge in [-0.1, -0.05) is 13.8 Å². The summed E-state index contributed by atoms with van der Waals surface area (Å²) in [6.45, 7) is 3.97. The molecule has 0 aromatic carbocycles. The predicted molar refractivity (Wildman–Crippen MR) is 54.3 cm³/mol. The van der Waals surface area contributed by atoms with Gasteiger partial charge in [0.25, 0.3) is 0 Å². The standard InChI is InChI=1S/C9H19N3O2/c1-3-9(11,4-2)8(14)12-6-5-7(10)13/h3-6,11H2,1-2H3,(H2,10,13)(H,12,14). The van der Waals surface area contributed by atoms with Crippen molar-refractivity contribution in [2.24, 2.45) is 11.5 Å². The van der Waals surface area contributed by atoms with Crippen LogP contribution in [0.4, 0.5) is 0 Å². The van der Waals surface area contributed by atoms with E-state index < -0.39 is 11.4 Å². The maximum absolute atomic E-state index is 11.5. The molecule has 0 aromatic rings. The molecule has 0 heterocycles. The lowest BCUT2D eigenvalue weighted by Gasteiger charge is -2.24. The molecule has 82 valence electrons. The van der Waals surface area contributed by atoms with Crippen LogP contribution in [0, 0.1) is 0 Å². The topological polar surface area (TPSA) is 98.2 Å². The highest BCUT2D eigenvalue weighted by molar-refractivity contribution is 5.86. The average Bonchev–Trinajstić information content (AvgIpc) is 2.15. The molecule has 0 saturated heterocycles. The van der Waals surface area contributed by atoms with Crippen molar-refractivity contribution in [3.63, 3.8) is 0 Å². The van der Waals surface area contributed by atoms with Gasteiger partial charge in [-0.15, -0.1) is 0 Å². The molecular formula is C9H19N3O2. The Bertz CT molecular complexity index is 212. The van der Waals surface area contributed by atoms with Gasteiger partial charge in [-0.25, -0.2) is 0 Å². The van der Waals surface area contributed by atoms with E-state index in [1.165, 1.54) is 0 Å². The quantitative estimate of drug-likeness (QED) is 0.540. The van der Waals surface area contributed by atoms with E-state index in [4.69, 9.17) is 11.5 Å². The zero-order valence-corrected chi connectivity index (χ0v) is 8.80. The van der Waals surface area contributed by atoms with Gasteiger partial charge in [0, 0.05) is 13.0 Å². The third kappa shape index (κ3) is 3.74. The smallest absolute Gasteiger partial charge is 0.240 e. The van der Waals surface area contributed by atoms with E-state index in [1.807, 2.05) is 13.8 Å². The van der Waals surface area contributed by atoms with Crippen LogP contribution in [-0.2, 0) is 9.59 Å². The Kier molecular flexibility index (Phi) is 5.15. The molecule has 0 unspecified atom stereocenters. The number of hydrogen-bond acceptors (Lipinski definition) is 3. The van der Waals surface area contributed by atoms with E-state index >= 15 is 0 Å². The van der Waals surface area contributed by atoms with Crippen LogP contribution in [0.15, 0.2) is 0 Å². The Hall–Kier alpha value is -1.10. The summed E-state index contributed by atoms with van der Waals surface area (Å²) in [6.07, 6.45) is 1.30. The zero-order valence-electron chi connectivity index (χ0n) is 8.80. The molecule has 5 heteroatoms. The molecule has 0 bridgehead atoms. The molecule has 5 nitrogen and oxygen atoms in total. The van der Waals surface area contributed by atoms with E-state index in [0.717, 1.165) is 0 Å². The lowest BCUT2D eigenvalue weighted by atomic mass is 9.93. The van der Waals surface area contributed by atoms with Crippen molar-refractivity contribution in [1.82, 2.24) is 5.32 Å². The summed E-state index contributed by atoms with van der Waals surface area (Å²) in [7, 11) is 0. The third-order valence-corrected chi connectivity index (χ3v) is 2.37. The molecule has 14 heavy (non-hydrogen) atoms. The van der Waals surface area contributed by atoms with E-state index in [0.29, 0.717) is 12.8 Å². The number of nitrogens with two attached hydrogens (primary N) is 2. The molecule has 0 aliphatic carbocycles. The molecule has 0 radical (unpaired) electrons. The number of carbonyl (C=O) groups excluding carboxylic acids is 2. The minimum atomic E-state index is -0.822. The molecule has 0 spiro atoms. The first kappa shape index (κ1) is 12.9. The van der Waals surface area contributed by atoms with Crippen molar-refractivity contribution in [3.05, 3.63) is 0 Å². The fourth-order valence-electron chi connectivity index (χ4n) is 1.05. The van der Waals surface area contributed by atoms with Crippen LogP contribution >= 0.6 is 0 Å². The maximum atomic E-state index is 11.5. The van der Waals surface area contributed by atoms with Crippen LogP contribution in [-0.4, -0.2) is 23.9 Å². The molecule has 0 aromatic heterocycles. The average molecular weight is 201 g/mol. The highest BCUT2D eigenvalue weighted by Crippen LogP contribution is 2.10. The lowest BCUT2D eigenvalue weighted by Crippen LogP contribution is -2.53. The third-order valence-electron chi connectivity index (χ3n) is 2.37. The van der Waals surface area contributed by atoms with E-state index in [2.05, 4.69) is 5.32 Å². The van der Waals surface area contributed by atoms with Crippen LogP contribution in [0.2, 0.25) is 0 Å². The second-order valence-corrected chi connectivity index (χ2v) is 3.34. The van der Waals surface area contributed by atoms with Gasteiger partial charge >= 0.3 is 0 Å². The normalized spacial score (nSPS) is 11.1. The van der Waals surface area contributed by atoms with E-state index in [9.17, 15) is 9.59 Å². The summed E-state index contributed by atoms with van der Waals surface area (Å²) in [5.41, 5.74) is 9.94. The fraction of sp³-hybridized carbons (Fsp3) is 0.778. The monoisotopic (exact) mass is 201 g/mol. The van der Waals surface area contributed by atoms with Gasteiger partial charge in [0.2, 0.25) is 11.8 Å². The van der Waals surface area contributed by atoms with Gasteiger partial charge in [-0.2, -0.15) is 0 Å². The number of rotatable bonds is 6. The molecule has 0 rings (SSSR count). The Morgan fingerprint density at radius 2 is 1.79 bits per heavy atom. The number of carbonyl (C=O) groups is 2. The van der Waals surface area contributed by atoms with Crippen molar-refractivity contribution >= 4 is 11.8 Å². The second kappa shape index (κ2) is 5.59. The summed E-state index contributed by atoms with van der Waals surface area (Å²) in [6, 6.07) is 0. The fourth-order valence-corrected chi connectivity index (χ4v) is 1.05. The molecule has 0 aliphatic heterocycles. The van der Waals surface area contributed by atoms with Crippen LogP contribution in [0.1, 0.15) is 33.1 Å². The molecule has 0 saturated carbocycles. The molecule has 5 N–H and O–H groups in total. The first-order chi connectivity index (χ1) is 6.46. The Morgan fingerprint density at radius 1 is 1.29 bits per heavy atom. The van der Waals surface area contributed by atoms with Crippen molar-refractivity contribution in [1.29, 1.82) is 0 Å². The Balaban J connectivity index is 4.00. The van der Waals surface area contributed by atoms with Crippen LogP contribution in [0.25, 0.3) is 0 Å². The van der Waals surface area contributed by atoms with Crippen molar-refractivity contribution < 1.29 is 9.59 Å². The Morgan fingerprint density at radius 3 is 2.14 bits per heavy atom. The highest BCUT2D eigenvalue weighted by Gasteiger charge is 2.29. The molecular weight excluding hydrogens is 182 g/mol. The van der Waals surface area contributed by atoms with Gasteiger partial charge in [-0.05, 0) is 12.8 Å². The van der Waals surface area contributed by atoms with E-state index in [1.54, 1.807) is 0 Å². The summed E-state index contributed by atoms with van der Waals surface area (Å²) in [4.78, 5) is 21.9. The molecule has 0 atom stereocenters. The zero-order chi connectivity index (χ0) is 11.2. The van der Waals surface area contributed by atoms with Crippen molar-refractivity contribution in [3.8, 4) is 0 Å². The van der Waals surface area contributed by atoms with E-state index in [-0.39, 0.29) is 18.9 Å². The highest BCUT2D eigenvalue weighted by atomic mass is 16.2. The predicted octanol–water partition coefficient (Wildman–Crippen LogP) is -0.504. The summed E-state index contributed by atoms with van der Waals surface area (Å²) < 4.78 is 0. The number of primary amides is 1. The van der Waals surface area contributed by atoms with Gasteiger partial charge in [0.1, 0.15) is 0 Å². The minimum absolute atomic E-state index is 0.148. The summed E-state index contributed by atoms with van der Waals surface area (Å²) in [5.74, 6) is -0.648. The van der Waals surface area contributed by atoms with Gasteiger partial charge in [-0.3, -0.25) is 9.59 Å². The number of nitrogens with one attached hydrogen (secondary N) is 1. The van der Waals surface area contributed by atoms with Crippen molar-refractivity contribution in [2.45, 2.75) is 38.6 Å². The van der Waals surface area contributed by atoms with Crippen LogP contribution in [0.3, 0.4) is 0 Å². The minimum Gasteiger partial charge on any atom is -0.370 e. The van der Waals surface area contributed by atoms with Crippen LogP contribution in [0.5, 0.6) is 0 Å². The summed E-state index contributed by atoms with van der Waals surface area (Å²) >= 11 is 0. The SMILES string of the molecule is CCC(N)(CC)C(=O)NCCC(N)=O. The van der Waals surface area contributed by atoms with Crippen molar-refractivity contribution in [2.75, 3.05) is 6.54 Å². The van der Waals surface area contributed by atoms with Gasteiger partial charge in [0.15, 0.2) is 0 Å². The van der Waals surface area contributed by atoms with Gasteiger partial charge < -0.3 is 16.8 Å². The first-order valence-corrected chi connectivity index (χ1v) is 4.81.